The average Bonchev–Trinajstić information content (AvgIpc) is 2.67. The van der Waals surface area contributed by atoms with Crippen LogP contribution in [0.2, 0.25) is 5.02 Å². The van der Waals surface area contributed by atoms with Crippen LogP contribution >= 0.6 is 11.6 Å². The molecule has 0 radical (unpaired) electrons. The number of hydrogen-bond acceptors (Lipinski definition) is 3. The minimum Gasteiger partial charge on any atom is -0.444 e. The summed E-state index contributed by atoms with van der Waals surface area (Å²) in [7, 11) is 0. The molecular formula is C15H18ClNO3. The number of fused-ring (bicyclic) bond motifs is 1. The van der Waals surface area contributed by atoms with Gasteiger partial charge in [-0.05, 0) is 44.4 Å². The van der Waals surface area contributed by atoms with Crippen LogP contribution in [0.3, 0.4) is 0 Å². The molecule has 2 atom stereocenters. The lowest BCUT2D eigenvalue weighted by Crippen LogP contribution is -2.36. The van der Waals surface area contributed by atoms with Crippen LogP contribution in [-0.4, -0.2) is 18.0 Å². The van der Waals surface area contributed by atoms with Crippen molar-refractivity contribution < 1.29 is 14.3 Å². The lowest BCUT2D eigenvalue weighted by Gasteiger charge is -2.23. The molecule has 0 saturated carbocycles. The minimum absolute atomic E-state index is 0.308. The fourth-order valence-electron chi connectivity index (χ4n) is 2.41. The molecule has 0 spiro atoms. The number of halogens is 1. The van der Waals surface area contributed by atoms with Crippen molar-refractivity contribution in [1.29, 1.82) is 0 Å². The van der Waals surface area contributed by atoms with Gasteiger partial charge in [0.25, 0.3) is 0 Å². The standard InChI is InChI=1S/C15H18ClNO3/c1-15(2,3)20-14(19)17-13-9(8-18)7-11-10(13)5-4-6-12(11)16/h4-6,8-9,13H,7H2,1-3H3,(H,17,19)/t9-,13-/m1/s1. The van der Waals surface area contributed by atoms with Gasteiger partial charge in [0.2, 0.25) is 0 Å². The first kappa shape index (κ1) is 14.9. The monoisotopic (exact) mass is 295 g/mol. The minimum atomic E-state index is -0.573. The lowest BCUT2D eigenvalue weighted by atomic mass is 10.0. The molecule has 108 valence electrons. The molecule has 1 N–H and O–H groups in total. The molecule has 1 aromatic carbocycles. The van der Waals surface area contributed by atoms with Gasteiger partial charge in [-0.15, -0.1) is 0 Å². The summed E-state index contributed by atoms with van der Waals surface area (Å²) in [6.45, 7) is 5.38. The third kappa shape index (κ3) is 3.12. The Balaban J connectivity index is 2.21. The van der Waals surface area contributed by atoms with Crippen molar-refractivity contribution in [1.82, 2.24) is 5.32 Å². The van der Waals surface area contributed by atoms with E-state index < -0.39 is 11.7 Å². The number of rotatable bonds is 2. The summed E-state index contributed by atoms with van der Waals surface area (Å²) in [6.07, 6.45) is 0.874. The van der Waals surface area contributed by atoms with Crippen molar-refractivity contribution in [3.8, 4) is 0 Å². The van der Waals surface area contributed by atoms with Gasteiger partial charge in [-0.3, -0.25) is 0 Å². The van der Waals surface area contributed by atoms with E-state index in [1.54, 1.807) is 26.8 Å². The second kappa shape index (κ2) is 5.44. The molecule has 2 rings (SSSR count). The van der Waals surface area contributed by atoms with E-state index in [9.17, 15) is 9.59 Å². The van der Waals surface area contributed by atoms with E-state index in [2.05, 4.69) is 5.32 Å². The molecule has 0 heterocycles. The van der Waals surface area contributed by atoms with Crippen LogP contribution in [0.25, 0.3) is 0 Å². The molecule has 1 aliphatic rings. The molecule has 0 unspecified atom stereocenters. The quantitative estimate of drug-likeness (QED) is 0.852. The Morgan fingerprint density at radius 2 is 2.15 bits per heavy atom. The van der Waals surface area contributed by atoms with Crippen LogP contribution in [0.5, 0.6) is 0 Å². The molecular weight excluding hydrogens is 278 g/mol. The number of amides is 1. The molecule has 1 aromatic rings. The van der Waals surface area contributed by atoms with Gasteiger partial charge in [-0.25, -0.2) is 4.79 Å². The van der Waals surface area contributed by atoms with E-state index in [1.165, 1.54) is 0 Å². The number of carbonyl (C=O) groups is 2. The molecule has 0 aromatic heterocycles. The first-order valence-electron chi connectivity index (χ1n) is 6.54. The number of alkyl carbamates (subject to hydrolysis) is 1. The van der Waals surface area contributed by atoms with Gasteiger partial charge < -0.3 is 14.8 Å². The summed E-state index contributed by atoms with van der Waals surface area (Å²) in [5.74, 6) is -0.308. The first-order chi connectivity index (χ1) is 9.31. The SMILES string of the molecule is CC(C)(C)OC(=O)N[C@H]1c2cccc(Cl)c2C[C@@H]1C=O. The Morgan fingerprint density at radius 3 is 2.75 bits per heavy atom. The molecule has 0 bridgehead atoms. The zero-order valence-corrected chi connectivity index (χ0v) is 12.5. The van der Waals surface area contributed by atoms with Crippen molar-refractivity contribution in [2.75, 3.05) is 0 Å². The highest BCUT2D eigenvalue weighted by molar-refractivity contribution is 6.31. The van der Waals surface area contributed by atoms with Crippen molar-refractivity contribution in [3.05, 3.63) is 34.3 Å². The fourth-order valence-corrected chi connectivity index (χ4v) is 2.67. The van der Waals surface area contributed by atoms with Crippen LogP contribution in [0.15, 0.2) is 18.2 Å². The summed E-state index contributed by atoms with van der Waals surface area (Å²) in [6, 6.07) is 5.11. The normalized spacial score (nSPS) is 21.2. The van der Waals surface area contributed by atoms with E-state index >= 15 is 0 Å². The summed E-state index contributed by atoms with van der Waals surface area (Å²) in [4.78, 5) is 23.1. The van der Waals surface area contributed by atoms with Crippen molar-refractivity contribution in [2.24, 2.45) is 5.92 Å². The van der Waals surface area contributed by atoms with Crippen LogP contribution in [0, 0.1) is 5.92 Å². The van der Waals surface area contributed by atoms with Gasteiger partial charge in [-0.1, -0.05) is 23.7 Å². The van der Waals surface area contributed by atoms with E-state index in [-0.39, 0.29) is 12.0 Å². The summed E-state index contributed by atoms with van der Waals surface area (Å²) in [5.41, 5.74) is 1.24. The highest BCUT2D eigenvalue weighted by atomic mass is 35.5. The number of aldehydes is 1. The van der Waals surface area contributed by atoms with E-state index in [1.807, 2.05) is 12.1 Å². The third-order valence-electron chi connectivity index (χ3n) is 3.21. The van der Waals surface area contributed by atoms with E-state index in [0.29, 0.717) is 11.4 Å². The van der Waals surface area contributed by atoms with Gasteiger partial charge in [-0.2, -0.15) is 0 Å². The predicted molar refractivity (Wildman–Crippen MR) is 76.8 cm³/mol. The van der Waals surface area contributed by atoms with Gasteiger partial charge in [0.1, 0.15) is 11.9 Å². The lowest BCUT2D eigenvalue weighted by molar-refractivity contribution is -0.111. The third-order valence-corrected chi connectivity index (χ3v) is 3.56. The summed E-state index contributed by atoms with van der Waals surface area (Å²) < 4.78 is 5.24. The average molecular weight is 296 g/mol. The van der Waals surface area contributed by atoms with Gasteiger partial charge in [0.15, 0.2) is 0 Å². The maximum absolute atomic E-state index is 11.9. The van der Waals surface area contributed by atoms with Crippen molar-refractivity contribution in [2.45, 2.75) is 38.8 Å². The van der Waals surface area contributed by atoms with Gasteiger partial charge >= 0.3 is 6.09 Å². The van der Waals surface area contributed by atoms with Crippen molar-refractivity contribution in [3.63, 3.8) is 0 Å². The maximum atomic E-state index is 11.9. The molecule has 5 heteroatoms. The molecule has 0 saturated heterocycles. The van der Waals surface area contributed by atoms with E-state index in [4.69, 9.17) is 16.3 Å². The second-order valence-electron chi connectivity index (χ2n) is 5.94. The van der Waals surface area contributed by atoms with Crippen LogP contribution in [-0.2, 0) is 16.0 Å². The molecule has 1 amide bonds. The van der Waals surface area contributed by atoms with Crippen LogP contribution in [0.1, 0.15) is 37.9 Å². The highest BCUT2D eigenvalue weighted by Gasteiger charge is 2.35. The summed E-state index contributed by atoms with van der Waals surface area (Å²) >= 11 is 6.14. The second-order valence-corrected chi connectivity index (χ2v) is 6.34. The Morgan fingerprint density at radius 1 is 1.45 bits per heavy atom. The number of benzene rings is 1. The fraction of sp³-hybridized carbons (Fsp3) is 0.467. The number of carbonyl (C=O) groups excluding carboxylic acids is 2. The Labute approximate surface area is 123 Å². The number of nitrogens with one attached hydrogen (secondary N) is 1. The first-order valence-corrected chi connectivity index (χ1v) is 6.91. The van der Waals surface area contributed by atoms with Crippen LogP contribution < -0.4 is 5.32 Å². The molecule has 0 fully saturated rings. The summed E-state index contributed by atoms with van der Waals surface area (Å²) in [5, 5.41) is 3.40. The zero-order valence-electron chi connectivity index (χ0n) is 11.8. The zero-order chi connectivity index (χ0) is 14.9. The maximum Gasteiger partial charge on any atom is 0.408 e. The molecule has 0 aliphatic heterocycles. The Kier molecular flexibility index (Phi) is 4.04. The molecule has 4 nitrogen and oxygen atoms in total. The number of hydrogen-bond donors (Lipinski definition) is 1. The largest absolute Gasteiger partial charge is 0.444 e. The highest BCUT2D eigenvalue weighted by Crippen LogP contribution is 2.38. The van der Waals surface area contributed by atoms with E-state index in [0.717, 1.165) is 17.4 Å². The van der Waals surface area contributed by atoms with Gasteiger partial charge in [0.05, 0.1) is 6.04 Å². The van der Waals surface area contributed by atoms with Crippen LogP contribution in [0.4, 0.5) is 4.79 Å². The van der Waals surface area contributed by atoms with Crippen molar-refractivity contribution >= 4 is 24.0 Å². The topological polar surface area (TPSA) is 55.4 Å². The smallest absolute Gasteiger partial charge is 0.408 e. The Bertz CT molecular complexity index is 536. The Hall–Kier alpha value is -1.55. The van der Waals surface area contributed by atoms with Gasteiger partial charge in [0, 0.05) is 10.9 Å². The molecule has 1 aliphatic carbocycles. The predicted octanol–water partition coefficient (Wildman–Crippen LogP) is 3.28. The molecule has 20 heavy (non-hydrogen) atoms. The number of ether oxygens (including phenoxy) is 1.